The second-order valence-corrected chi connectivity index (χ2v) is 3.20. The maximum Gasteiger partial charge on any atom is 0.340 e. The van der Waals surface area contributed by atoms with E-state index in [0.717, 1.165) is 6.07 Å². The molecule has 0 aliphatic carbocycles. The minimum absolute atomic E-state index is 0.164. The number of esters is 1. The van der Waals surface area contributed by atoms with Crippen molar-refractivity contribution < 1.29 is 13.9 Å². The molecule has 2 N–H and O–H groups in total. The highest BCUT2D eigenvalue weighted by molar-refractivity contribution is 9.10. The van der Waals surface area contributed by atoms with Crippen LogP contribution in [-0.4, -0.2) is 13.1 Å². The summed E-state index contributed by atoms with van der Waals surface area (Å²) in [6, 6.07) is 2.35. The molecule has 1 rings (SSSR count). The van der Waals surface area contributed by atoms with Gasteiger partial charge in [0, 0.05) is 10.2 Å². The second kappa shape index (κ2) is 3.74. The maximum absolute atomic E-state index is 13.1. The summed E-state index contributed by atoms with van der Waals surface area (Å²) in [6.07, 6.45) is 0. The number of halogens is 2. The van der Waals surface area contributed by atoms with Crippen molar-refractivity contribution in [3.05, 3.63) is 28.0 Å². The molecule has 0 radical (unpaired) electrons. The van der Waals surface area contributed by atoms with Crippen LogP contribution in [0.5, 0.6) is 0 Å². The van der Waals surface area contributed by atoms with E-state index in [2.05, 4.69) is 20.7 Å². The molecule has 0 amide bonds. The third-order valence-electron chi connectivity index (χ3n) is 1.49. The molecule has 0 saturated heterocycles. The Morgan fingerprint density at radius 3 is 2.77 bits per heavy atom. The molecular weight excluding hydrogens is 241 g/mol. The first-order valence-corrected chi connectivity index (χ1v) is 4.18. The highest BCUT2D eigenvalue weighted by atomic mass is 79.9. The Labute approximate surface area is 82.8 Å². The number of anilines is 1. The van der Waals surface area contributed by atoms with Crippen molar-refractivity contribution in [1.82, 2.24) is 0 Å². The van der Waals surface area contributed by atoms with Gasteiger partial charge in [-0.2, -0.15) is 0 Å². The lowest BCUT2D eigenvalue weighted by molar-refractivity contribution is 0.0595. The van der Waals surface area contributed by atoms with Crippen molar-refractivity contribution in [3.63, 3.8) is 0 Å². The van der Waals surface area contributed by atoms with Crippen LogP contribution in [0.4, 0.5) is 10.1 Å². The van der Waals surface area contributed by atoms with Gasteiger partial charge in [-0.15, -0.1) is 0 Å². The maximum atomic E-state index is 13.1. The van der Waals surface area contributed by atoms with Gasteiger partial charge in [0.05, 0.1) is 12.7 Å². The lowest BCUT2D eigenvalue weighted by Crippen LogP contribution is -2.05. The summed E-state index contributed by atoms with van der Waals surface area (Å²) in [5.74, 6) is -1.40. The van der Waals surface area contributed by atoms with E-state index in [1.165, 1.54) is 13.2 Å². The number of nitrogen functional groups attached to an aromatic ring is 1. The fourth-order valence-corrected chi connectivity index (χ4v) is 1.15. The fraction of sp³-hybridized carbons (Fsp3) is 0.125. The van der Waals surface area contributed by atoms with Gasteiger partial charge in [-0.1, -0.05) is 0 Å². The number of ether oxygens (including phenoxy) is 1. The van der Waals surface area contributed by atoms with Gasteiger partial charge in [-0.25, -0.2) is 9.18 Å². The SMILES string of the molecule is COC(=O)c1cc(N)c(Br)cc1F. The minimum Gasteiger partial charge on any atom is -0.465 e. The Bertz CT molecular complexity index is 354. The zero-order valence-corrected chi connectivity index (χ0v) is 8.39. The summed E-state index contributed by atoms with van der Waals surface area (Å²) in [4.78, 5) is 11.0. The Morgan fingerprint density at radius 2 is 2.23 bits per heavy atom. The van der Waals surface area contributed by atoms with E-state index >= 15 is 0 Å². The molecule has 5 heteroatoms. The van der Waals surface area contributed by atoms with Gasteiger partial charge >= 0.3 is 5.97 Å². The van der Waals surface area contributed by atoms with Gasteiger partial charge in [0.25, 0.3) is 0 Å². The molecule has 0 atom stereocenters. The highest BCUT2D eigenvalue weighted by Crippen LogP contribution is 2.23. The number of carbonyl (C=O) groups is 1. The summed E-state index contributed by atoms with van der Waals surface area (Å²) in [7, 11) is 1.18. The number of carbonyl (C=O) groups excluding carboxylic acids is 1. The molecule has 0 fully saturated rings. The van der Waals surface area contributed by atoms with Crippen LogP contribution < -0.4 is 5.73 Å². The third-order valence-corrected chi connectivity index (χ3v) is 2.18. The van der Waals surface area contributed by atoms with E-state index < -0.39 is 11.8 Å². The van der Waals surface area contributed by atoms with Crippen molar-refractivity contribution in [2.45, 2.75) is 0 Å². The average Bonchev–Trinajstić information content (AvgIpc) is 2.10. The molecule has 0 heterocycles. The molecule has 0 spiro atoms. The molecule has 70 valence electrons. The number of nitrogens with two attached hydrogens (primary N) is 1. The first-order chi connectivity index (χ1) is 6.06. The minimum atomic E-state index is -0.739. The zero-order chi connectivity index (χ0) is 10.0. The Hall–Kier alpha value is -1.10. The number of hydrogen-bond donors (Lipinski definition) is 1. The second-order valence-electron chi connectivity index (χ2n) is 2.35. The number of benzene rings is 1. The summed E-state index contributed by atoms with van der Waals surface area (Å²) >= 11 is 3.03. The van der Waals surface area contributed by atoms with Crippen LogP contribution in [0.1, 0.15) is 10.4 Å². The van der Waals surface area contributed by atoms with Crippen LogP contribution in [0.2, 0.25) is 0 Å². The van der Waals surface area contributed by atoms with Gasteiger partial charge in [0.1, 0.15) is 5.82 Å². The summed E-state index contributed by atoms with van der Waals surface area (Å²) in [5, 5.41) is 0. The first kappa shape index (κ1) is 9.98. The molecule has 0 saturated carbocycles. The van der Waals surface area contributed by atoms with Crippen LogP contribution >= 0.6 is 15.9 Å². The van der Waals surface area contributed by atoms with Crippen molar-refractivity contribution >= 4 is 27.6 Å². The van der Waals surface area contributed by atoms with Gasteiger partial charge in [0.15, 0.2) is 0 Å². The number of methoxy groups -OCH3 is 1. The third kappa shape index (κ3) is 1.98. The van der Waals surface area contributed by atoms with E-state index in [9.17, 15) is 9.18 Å². The molecular formula is C8H7BrFNO2. The van der Waals surface area contributed by atoms with E-state index in [1.54, 1.807) is 0 Å². The molecule has 0 aliphatic heterocycles. The van der Waals surface area contributed by atoms with Crippen molar-refractivity contribution in [3.8, 4) is 0 Å². The Kier molecular flexibility index (Phi) is 2.87. The lowest BCUT2D eigenvalue weighted by atomic mass is 10.2. The van der Waals surface area contributed by atoms with Crippen LogP contribution in [0, 0.1) is 5.82 Å². The van der Waals surface area contributed by atoms with Gasteiger partial charge in [-0.3, -0.25) is 0 Å². The molecule has 0 bridgehead atoms. The van der Waals surface area contributed by atoms with Gasteiger partial charge in [0.2, 0.25) is 0 Å². The predicted molar refractivity (Wildman–Crippen MR) is 49.9 cm³/mol. The Morgan fingerprint density at radius 1 is 1.62 bits per heavy atom. The zero-order valence-electron chi connectivity index (χ0n) is 6.80. The number of hydrogen-bond acceptors (Lipinski definition) is 3. The topological polar surface area (TPSA) is 52.3 Å². The summed E-state index contributed by atoms with van der Waals surface area (Å²) in [5.41, 5.74) is 5.59. The monoisotopic (exact) mass is 247 g/mol. The molecule has 3 nitrogen and oxygen atoms in total. The fourth-order valence-electron chi connectivity index (χ4n) is 0.832. The highest BCUT2D eigenvalue weighted by Gasteiger charge is 2.13. The van der Waals surface area contributed by atoms with Crippen LogP contribution in [0.15, 0.2) is 16.6 Å². The molecule has 0 aliphatic rings. The van der Waals surface area contributed by atoms with Crippen molar-refractivity contribution in [2.75, 3.05) is 12.8 Å². The smallest absolute Gasteiger partial charge is 0.340 e. The van der Waals surface area contributed by atoms with Crippen molar-refractivity contribution in [2.24, 2.45) is 0 Å². The molecule has 1 aromatic carbocycles. The summed E-state index contributed by atoms with van der Waals surface area (Å²) < 4.78 is 17.9. The van der Waals surface area contributed by atoms with Gasteiger partial charge < -0.3 is 10.5 Å². The molecule has 0 unspecified atom stereocenters. The normalized spacial score (nSPS) is 9.77. The molecule has 1 aromatic rings. The quantitative estimate of drug-likeness (QED) is 0.610. The Balaban J connectivity index is 3.23. The van der Waals surface area contributed by atoms with E-state index in [4.69, 9.17) is 5.73 Å². The van der Waals surface area contributed by atoms with E-state index in [0.29, 0.717) is 10.2 Å². The molecule has 13 heavy (non-hydrogen) atoms. The van der Waals surface area contributed by atoms with Crippen LogP contribution in [0.3, 0.4) is 0 Å². The van der Waals surface area contributed by atoms with E-state index in [1.807, 2.05) is 0 Å². The van der Waals surface area contributed by atoms with Crippen LogP contribution in [0.25, 0.3) is 0 Å². The first-order valence-electron chi connectivity index (χ1n) is 3.39. The largest absolute Gasteiger partial charge is 0.465 e. The standard InChI is InChI=1S/C8H7BrFNO2/c1-13-8(12)4-2-7(11)5(9)3-6(4)10/h2-3H,11H2,1H3. The lowest BCUT2D eigenvalue weighted by Gasteiger charge is -2.03. The average molecular weight is 248 g/mol. The summed E-state index contributed by atoms with van der Waals surface area (Å²) in [6.45, 7) is 0. The van der Waals surface area contributed by atoms with E-state index in [-0.39, 0.29) is 5.56 Å². The van der Waals surface area contributed by atoms with Crippen LogP contribution in [-0.2, 0) is 4.74 Å². The van der Waals surface area contributed by atoms with Gasteiger partial charge in [-0.05, 0) is 28.1 Å². The predicted octanol–water partition coefficient (Wildman–Crippen LogP) is 1.96. The van der Waals surface area contributed by atoms with Crippen molar-refractivity contribution in [1.29, 1.82) is 0 Å². The number of rotatable bonds is 1. The molecule has 0 aromatic heterocycles.